The van der Waals surface area contributed by atoms with E-state index in [4.69, 9.17) is 4.42 Å². The van der Waals surface area contributed by atoms with Crippen LogP contribution in [0.5, 0.6) is 0 Å². The van der Waals surface area contributed by atoms with Gasteiger partial charge in [0, 0.05) is 18.0 Å². The fourth-order valence-corrected chi connectivity index (χ4v) is 2.39. The molecular weight excluding hydrogens is 266 g/mol. The van der Waals surface area contributed by atoms with Gasteiger partial charge >= 0.3 is 0 Å². The van der Waals surface area contributed by atoms with E-state index < -0.39 is 0 Å². The number of furan rings is 1. The highest BCUT2D eigenvalue weighted by atomic mass is 16.3. The maximum absolute atomic E-state index is 12.2. The first kappa shape index (κ1) is 13.4. The summed E-state index contributed by atoms with van der Waals surface area (Å²) in [4.78, 5) is 12.2. The third kappa shape index (κ3) is 2.30. The van der Waals surface area contributed by atoms with Gasteiger partial charge in [-0.25, -0.2) is 0 Å². The van der Waals surface area contributed by atoms with E-state index in [9.17, 15) is 9.90 Å². The van der Waals surface area contributed by atoms with Crippen LogP contribution in [-0.4, -0.2) is 18.1 Å². The normalized spacial score (nSPS) is 10.8. The van der Waals surface area contributed by atoms with Gasteiger partial charge in [0.2, 0.25) is 0 Å². The molecule has 1 aromatic heterocycles. The van der Waals surface area contributed by atoms with Crippen LogP contribution in [-0.2, 0) is 6.61 Å². The van der Waals surface area contributed by atoms with Crippen molar-refractivity contribution in [1.82, 2.24) is 5.32 Å². The van der Waals surface area contributed by atoms with Crippen LogP contribution in [0.2, 0.25) is 0 Å². The van der Waals surface area contributed by atoms with Crippen LogP contribution >= 0.6 is 0 Å². The van der Waals surface area contributed by atoms with E-state index in [1.165, 1.54) is 0 Å². The summed E-state index contributed by atoms with van der Waals surface area (Å²) < 4.78 is 5.87. The number of carbonyl (C=O) groups excluding carboxylic acids is 1. The Morgan fingerprint density at radius 2 is 1.95 bits per heavy atom. The van der Waals surface area contributed by atoms with E-state index in [1.54, 1.807) is 25.2 Å². The molecule has 21 heavy (non-hydrogen) atoms. The third-order valence-electron chi connectivity index (χ3n) is 3.43. The lowest BCUT2D eigenvalue weighted by Crippen LogP contribution is -2.18. The largest absolute Gasteiger partial charge is 0.455 e. The highest BCUT2D eigenvalue weighted by Gasteiger charge is 2.21. The predicted molar refractivity (Wildman–Crippen MR) is 81.0 cm³/mol. The lowest BCUT2D eigenvalue weighted by molar-refractivity contribution is 0.0964. The third-order valence-corrected chi connectivity index (χ3v) is 3.43. The molecule has 0 atom stereocenters. The molecule has 0 aliphatic carbocycles. The molecule has 0 bridgehead atoms. The Kier molecular flexibility index (Phi) is 3.46. The Labute approximate surface area is 122 Å². The lowest BCUT2D eigenvalue weighted by Gasteiger charge is -2.02. The molecule has 0 saturated carbocycles. The summed E-state index contributed by atoms with van der Waals surface area (Å²) in [5.41, 5.74) is 2.71. The number of nitrogens with one attached hydrogen (secondary N) is 1. The van der Waals surface area contributed by atoms with Gasteiger partial charge < -0.3 is 14.8 Å². The van der Waals surface area contributed by atoms with E-state index in [2.05, 4.69) is 5.32 Å². The Balaban J connectivity index is 2.31. The van der Waals surface area contributed by atoms with Gasteiger partial charge in [-0.15, -0.1) is 0 Å². The lowest BCUT2D eigenvalue weighted by atomic mass is 10.0. The number of aliphatic hydroxyl groups is 1. The number of carbonyl (C=O) groups is 1. The van der Waals surface area contributed by atoms with E-state index in [0.29, 0.717) is 22.3 Å². The quantitative estimate of drug-likeness (QED) is 0.776. The average Bonchev–Trinajstić information content (AvgIpc) is 2.93. The fourth-order valence-electron chi connectivity index (χ4n) is 2.39. The molecule has 3 aromatic rings. The van der Waals surface area contributed by atoms with Gasteiger partial charge in [0.1, 0.15) is 11.3 Å². The summed E-state index contributed by atoms with van der Waals surface area (Å²) in [7, 11) is 1.59. The number of rotatable bonds is 3. The number of aliphatic hydroxyl groups excluding tert-OH is 1. The molecule has 0 aliphatic heterocycles. The van der Waals surface area contributed by atoms with Gasteiger partial charge in [-0.05, 0) is 17.7 Å². The molecule has 4 nitrogen and oxygen atoms in total. The van der Waals surface area contributed by atoms with Crippen LogP contribution in [0.25, 0.3) is 22.3 Å². The summed E-state index contributed by atoms with van der Waals surface area (Å²) in [6, 6.07) is 14.9. The summed E-state index contributed by atoms with van der Waals surface area (Å²) in [6.07, 6.45) is 0. The van der Waals surface area contributed by atoms with Crippen molar-refractivity contribution >= 4 is 16.9 Å². The monoisotopic (exact) mass is 281 g/mol. The molecule has 1 heterocycles. The zero-order valence-corrected chi connectivity index (χ0v) is 11.6. The SMILES string of the molecule is CNC(=O)c1c(-c2ccccc2)oc2ccc(CO)cc12. The molecule has 0 saturated heterocycles. The molecule has 0 fully saturated rings. The Morgan fingerprint density at radius 3 is 2.62 bits per heavy atom. The first-order valence-corrected chi connectivity index (χ1v) is 6.68. The second-order valence-corrected chi connectivity index (χ2v) is 4.74. The van der Waals surface area contributed by atoms with E-state index in [0.717, 1.165) is 11.1 Å². The smallest absolute Gasteiger partial charge is 0.255 e. The number of amides is 1. The molecule has 3 rings (SSSR count). The summed E-state index contributed by atoms with van der Waals surface area (Å²) in [6.45, 7) is -0.0744. The molecular formula is C17H15NO3. The van der Waals surface area contributed by atoms with Gasteiger partial charge in [0.25, 0.3) is 5.91 Å². The van der Waals surface area contributed by atoms with Crippen molar-refractivity contribution in [1.29, 1.82) is 0 Å². The van der Waals surface area contributed by atoms with Crippen molar-refractivity contribution < 1.29 is 14.3 Å². The van der Waals surface area contributed by atoms with Crippen LogP contribution in [0.3, 0.4) is 0 Å². The first-order chi connectivity index (χ1) is 10.2. The van der Waals surface area contributed by atoms with Crippen molar-refractivity contribution in [2.24, 2.45) is 0 Å². The maximum Gasteiger partial charge on any atom is 0.255 e. The predicted octanol–water partition coefficient (Wildman–Crippen LogP) is 2.95. The van der Waals surface area contributed by atoms with Crippen molar-refractivity contribution in [3.63, 3.8) is 0 Å². The molecule has 1 amide bonds. The minimum atomic E-state index is -0.206. The van der Waals surface area contributed by atoms with Crippen molar-refractivity contribution in [3.8, 4) is 11.3 Å². The zero-order chi connectivity index (χ0) is 14.8. The minimum Gasteiger partial charge on any atom is -0.455 e. The molecule has 0 aliphatic rings. The van der Waals surface area contributed by atoms with Crippen molar-refractivity contribution in [2.45, 2.75) is 6.61 Å². The van der Waals surface area contributed by atoms with Crippen molar-refractivity contribution in [2.75, 3.05) is 7.05 Å². The number of benzene rings is 2. The Bertz CT molecular complexity index is 790. The number of hydrogen-bond acceptors (Lipinski definition) is 3. The summed E-state index contributed by atoms with van der Waals surface area (Å²) >= 11 is 0. The van der Waals surface area contributed by atoms with Crippen LogP contribution in [0.15, 0.2) is 52.9 Å². The van der Waals surface area contributed by atoms with Crippen molar-refractivity contribution in [3.05, 3.63) is 59.7 Å². The second-order valence-electron chi connectivity index (χ2n) is 4.74. The van der Waals surface area contributed by atoms with Crippen LogP contribution < -0.4 is 5.32 Å². The van der Waals surface area contributed by atoms with E-state index in [1.807, 2.05) is 30.3 Å². The van der Waals surface area contributed by atoms with Gasteiger partial charge in [-0.2, -0.15) is 0 Å². The van der Waals surface area contributed by atoms with E-state index >= 15 is 0 Å². The molecule has 2 N–H and O–H groups in total. The summed E-state index contributed by atoms with van der Waals surface area (Å²) in [5, 5.41) is 12.6. The van der Waals surface area contributed by atoms with Crippen LogP contribution in [0, 0.1) is 0 Å². The van der Waals surface area contributed by atoms with E-state index in [-0.39, 0.29) is 12.5 Å². The highest BCUT2D eigenvalue weighted by molar-refractivity contribution is 6.11. The number of fused-ring (bicyclic) bond motifs is 1. The number of hydrogen-bond donors (Lipinski definition) is 2. The average molecular weight is 281 g/mol. The minimum absolute atomic E-state index is 0.0744. The van der Waals surface area contributed by atoms with Gasteiger partial charge in [-0.3, -0.25) is 4.79 Å². The molecule has 2 aromatic carbocycles. The van der Waals surface area contributed by atoms with Gasteiger partial charge in [0.05, 0.1) is 12.2 Å². The van der Waals surface area contributed by atoms with Gasteiger partial charge in [-0.1, -0.05) is 36.4 Å². The Hall–Kier alpha value is -2.59. The molecule has 0 radical (unpaired) electrons. The Morgan fingerprint density at radius 1 is 1.19 bits per heavy atom. The fraction of sp³-hybridized carbons (Fsp3) is 0.118. The molecule has 106 valence electrons. The molecule has 4 heteroatoms. The maximum atomic E-state index is 12.2. The summed E-state index contributed by atoms with van der Waals surface area (Å²) in [5.74, 6) is 0.336. The first-order valence-electron chi connectivity index (χ1n) is 6.68. The second kappa shape index (κ2) is 5.42. The standard InChI is InChI=1S/C17H15NO3/c1-18-17(20)15-13-9-11(10-19)7-8-14(13)21-16(15)12-5-3-2-4-6-12/h2-9,19H,10H2,1H3,(H,18,20). The van der Waals surface area contributed by atoms with Gasteiger partial charge in [0.15, 0.2) is 0 Å². The zero-order valence-electron chi connectivity index (χ0n) is 11.6. The molecule has 0 unspecified atom stereocenters. The topological polar surface area (TPSA) is 62.5 Å². The van der Waals surface area contributed by atoms with Crippen LogP contribution in [0.1, 0.15) is 15.9 Å². The van der Waals surface area contributed by atoms with Crippen LogP contribution in [0.4, 0.5) is 0 Å². The highest BCUT2D eigenvalue weighted by Crippen LogP contribution is 2.34. The molecule has 0 spiro atoms.